The van der Waals surface area contributed by atoms with E-state index in [1.807, 2.05) is 6.26 Å². The number of aromatic nitrogens is 1. The van der Waals surface area contributed by atoms with Gasteiger partial charge < -0.3 is 15.2 Å². The molecule has 0 amide bonds. The number of hydrogen-bond acceptors (Lipinski definition) is 6. The van der Waals surface area contributed by atoms with Crippen molar-refractivity contribution < 1.29 is 19.4 Å². The monoisotopic (exact) mass is 348 g/mol. The van der Waals surface area contributed by atoms with E-state index in [0.29, 0.717) is 27.6 Å². The highest BCUT2D eigenvalue weighted by atomic mass is 32.2. The lowest BCUT2D eigenvalue weighted by atomic mass is 9.81. The van der Waals surface area contributed by atoms with Crippen molar-refractivity contribution in [2.75, 3.05) is 12.9 Å². The highest BCUT2D eigenvalue weighted by molar-refractivity contribution is 7.98. The second-order valence-corrected chi connectivity index (χ2v) is 6.06. The number of dihydropyridines is 1. The zero-order valence-electron chi connectivity index (χ0n) is 14.0. The van der Waals surface area contributed by atoms with Gasteiger partial charge in [0, 0.05) is 17.6 Å². The van der Waals surface area contributed by atoms with Crippen molar-refractivity contribution >= 4 is 23.7 Å². The van der Waals surface area contributed by atoms with Crippen LogP contribution in [0, 0.1) is 0 Å². The number of nitrogens with zero attached hydrogens (tertiary/aromatic N) is 1. The second kappa shape index (κ2) is 7.53. The van der Waals surface area contributed by atoms with E-state index in [1.165, 1.54) is 11.8 Å². The van der Waals surface area contributed by atoms with Crippen LogP contribution in [0.25, 0.3) is 0 Å². The maximum Gasteiger partial charge on any atom is 0.336 e. The van der Waals surface area contributed by atoms with Gasteiger partial charge in [0.1, 0.15) is 0 Å². The molecule has 6 nitrogen and oxygen atoms in total. The molecular weight excluding hydrogens is 328 g/mol. The highest BCUT2D eigenvalue weighted by Crippen LogP contribution is 2.41. The third-order valence-electron chi connectivity index (χ3n) is 3.79. The zero-order chi connectivity index (χ0) is 17.9. The Kier molecular flexibility index (Phi) is 5.66. The molecule has 7 heteroatoms. The Labute approximate surface area is 145 Å². The molecule has 1 unspecified atom stereocenters. The van der Waals surface area contributed by atoms with E-state index in [4.69, 9.17) is 4.74 Å². The van der Waals surface area contributed by atoms with Crippen LogP contribution in [-0.2, 0) is 14.3 Å². The maximum absolute atomic E-state index is 12.5. The van der Waals surface area contributed by atoms with E-state index in [1.54, 1.807) is 39.1 Å². The summed E-state index contributed by atoms with van der Waals surface area (Å²) in [4.78, 5) is 28.7. The molecule has 1 aromatic heterocycles. The molecular formula is C17H20N2O4S. The van der Waals surface area contributed by atoms with Crippen molar-refractivity contribution in [3.63, 3.8) is 0 Å². The van der Waals surface area contributed by atoms with Crippen LogP contribution in [0.1, 0.15) is 32.3 Å². The van der Waals surface area contributed by atoms with Gasteiger partial charge in [-0.2, -0.15) is 0 Å². The lowest BCUT2D eigenvalue weighted by Crippen LogP contribution is -2.32. The van der Waals surface area contributed by atoms with Gasteiger partial charge in [-0.3, -0.25) is 0 Å². The molecule has 0 saturated carbocycles. The van der Waals surface area contributed by atoms with Crippen LogP contribution in [0.5, 0.6) is 0 Å². The molecule has 1 aliphatic rings. The number of esters is 1. The van der Waals surface area contributed by atoms with E-state index < -0.39 is 17.9 Å². The number of nitrogens with one attached hydrogen (secondary N) is 1. The number of allylic oxidation sites excluding steroid dienone is 2. The van der Waals surface area contributed by atoms with Gasteiger partial charge in [-0.15, -0.1) is 11.8 Å². The van der Waals surface area contributed by atoms with E-state index in [0.717, 1.165) is 0 Å². The molecule has 2 N–H and O–H groups in total. The van der Waals surface area contributed by atoms with Crippen molar-refractivity contribution in [2.24, 2.45) is 0 Å². The second-order valence-electron chi connectivity index (χ2n) is 5.26. The number of pyridine rings is 1. The Balaban J connectivity index is 2.71. The molecule has 2 rings (SSSR count). The molecule has 24 heavy (non-hydrogen) atoms. The summed E-state index contributed by atoms with van der Waals surface area (Å²) in [6, 6.07) is 3.54. The Morgan fingerprint density at radius 3 is 2.58 bits per heavy atom. The molecule has 1 atom stereocenters. The van der Waals surface area contributed by atoms with Crippen LogP contribution in [0.4, 0.5) is 0 Å². The predicted octanol–water partition coefficient (Wildman–Crippen LogP) is 2.69. The van der Waals surface area contributed by atoms with E-state index >= 15 is 0 Å². The first kappa shape index (κ1) is 18.1. The Hall–Kier alpha value is -2.28. The van der Waals surface area contributed by atoms with Crippen LogP contribution < -0.4 is 5.32 Å². The quantitative estimate of drug-likeness (QED) is 0.625. The number of carboxylic acids is 1. The van der Waals surface area contributed by atoms with Gasteiger partial charge in [-0.1, -0.05) is 6.07 Å². The van der Waals surface area contributed by atoms with Crippen LogP contribution in [-0.4, -0.2) is 34.9 Å². The van der Waals surface area contributed by atoms with Crippen LogP contribution in [0.2, 0.25) is 0 Å². The van der Waals surface area contributed by atoms with Crippen molar-refractivity contribution in [2.45, 2.75) is 31.7 Å². The zero-order valence-corrected chi connectivity index (χ0v) is 14.9. The van der Waals surface area contributed by atoms with Crippen molar-refractivity contribution in [3.05, 3.63) is 46.4 Å². The van der Waals surface area contributed by atoms with E-state index in [2.05, 4.69) is 10.3 Å². The average Bonchev–Trinajstić information content (AvgIpc) is 2.53. The molecule has 0 spiro atoms. The van der Waals surface area contributed by atoms with Crippen LogP contribution >= 0.6 is 11.8 Å². The summed E-state index contributed by atoms with van der Waals surface area (Å²) in [5.74, 6) is -2.32. The number of hydrogen-bond donors (Lipinski definition) is 2. The summed E-state index contributed by atoms with van der Waals surface area (Å²) < 4.78 is 5.16. The largest absolute Gasteiger partial charge is 0.478 e. The molecule has 0 aromatic carbocycles. The molecule has 2 heterocycles. The fourth-order valence-electron chi connectivity index (χ4n) is 2.86. The first-order chi connectivity index (χ1) is 11.4. The molecule has 1 aromatic rings. The summed E-state index contributed by atoms with van der Waals surface area (Å²) in [7, 11) is 0. The van der Waals surface area contributed by atoms with Crippen molar-refractivity contribution in [1.29, 1.82) is 0 Å². The number of carboxylic acid groups (broad SMARTS) is 1. The first-order valence-corrected chi connectivity index (χ1v) is 8.72. The highest BCUT2D eigenvalue weighted by Gasteiger charge is 2.38. The summed E-state index contributed by atoms with van der Waals surface area (Å²) >= 11 is 1.41. The fraction of sp³-hybridized carbons (Fsp3) is 0.353. The maximum atomic E-state index is 12.5. The Bertz CT molecular complexity index is 740. The molecule has 0 saturated heterocycles. The summed E-state index contributed by atoms with van der Waals surface area (Å²) in [5, 5.41) is 13.4. The molecule has 0 aliphatic carbocycles. The number of ether oxygens (including phenoxy) is 1. The van der Waals surface area contributed by atoms with Gasteiger partial charge in [0.05, 0.1) is 28.7 Å². The lowest BCUT2D eigenvalue weighted by molar-refractivity contribution is -0.138. The van der Waals surface area contributed by atoms with Crippen molar-refractivity contribution in [1.82, 2.24) is 10.3 Å². The Morgan fingerprint density at radius 2 is 2.00 bits per heavy atom. The number of carbonyl (C=O) groups is 2. The third-order valence-corrected chi connectivity index (χ3v) is 4.52. The molecule has 1 aliphatic heterocycles. The van der Waals surface area contributed by atoms with Gasteiger partial charge in [0.25, 0.3) is 0 Å². The van der Waals surface area contributed by atoms with Crippen LogP contribution in [0.3, 0.4) is 0 Å². The minimum absolute atomic E-state index is 0.131. The molecule has 0 fully saturated rings. The number of rotatable bonds is 5. The number of aliphatic carboxylic acids is 1. The minimum atomic E-state index is -1.07. The topological polar surface area (TPSA) is 88.5 Å². The predicted molar refractivity (Wildman–Crippen MR) is 91.6 cm³/mol. The third kappa shape index (κ3) is 3.31. The van der Waals surface area contributed by atoms with E-state index in [-0.39, 0.29) is 12.2 Å². The van der Waals surface area contributed by atoms with Gasteiger partial charge in [0.2, 0.25) is 0 Å². The standard InChI is InChI=1S/C17H20N2O4S/c1-5-23-17(22)13-10(3)19-9(2)12(16(20)21)14(13)11-7-6-8-18-15(11)24-4/h6-8,14,19H,5H2,1-4H3,(H,20,21). The van der Waals surface area contributed by atoms with Crippen molar-refractivity contribution in [3.8, 4) is 0 Å². The first-order valence-electron chi connectivity index (χ1n) is 7.50. The smallest absolute Gasteiger partial charge is 0.336 e. The van der Waals surface area contributed by atoms with Gasteiger partial charge in [-0.25, -0.2) is 14.6 Å². The minimum Gasteiger partial charge on any atom is -0.478 e. The Morgan fingerprint density at radius 1 is 1.33 bits per heavy atom. The average molecular weight is 348 g/mol. The molecule has 0 radical (unpaired) electrons. The van der Waals surface area contributed by atoms with Gasteiger partial charge in [-0.05, 0) is 38.7 Å². The molecule has 0 bridgehead atoms. The number of carbonyl (C=O) groups excluding carboxylic acids is 1. The fourth-order valence-corrected chi connectivity index (χ4v) is 3.45. The van der Waals surface area contributed by atoms with Gasteiger partial charge in [0.15, 0.2) is 0 Å². The summed E-state index contributed by atoms with van der Waals surface area (Å²) in [6.45, 7) is 5.37. The SMILES string of the molecule is CCOC(=O)C1=C(C)NC(C)=C(C(=O)O)C1c1cccnc1SC. The summed E-state index contributed by atoms with van der Waals surface area (Å²) in [5.41, 5.74) is 2.23. The number of thioether (sulfide) groups is 1. The van der Waals surface area contributed by atoms with Crippen LogP contribution in [0.15, 0.2) is 45.9 Å². The van der Waals surface area contributed by atoms with Gasteiger partial charge >= 0.3 is 11.9 Å². The molecule has 128 valence electrons. The lowest BCUT2D eigenvalue weighted by Gasteiger charge is -2.30. The normalized spacial score (nSPS) is 17.6. The van der Waals surface area contributed by atoms with E-state index in [9.17, 15) is 14.7 Å². The summed E-state index contributed by atoms with van der Waals surface area (Å²) in [6.07, 6.45) is 3.51.